The number of thioether (sulfide) groups is 1. The molecule has 0 radical (unpaired) electrons. The third-order valence-electron chi connectivity index (χ3n) is 2.68. The minimum Gasteiger partial charge on any atom is -0.318 e. The zero-order chi connectivity index (χ0) is 13.1. The zero-order valence-corrected chi connectivity index (χ0v) is 11.8. The van der Waals surface area contributed by atoms with Crippen LogP contribution in [0.15, 0.2) is 9.36 Å². The molecule has 0 saturated heterocycles. The Bertz CT molecular complexity index is 555. The summed E-state index contributed by atoms with van der Waals surface area (Å²) in [5, 5.41) is 13.1. The van der Waals surface area contributed by atoms with Gasteiger partial charge in [-0.2, -0.15) is 5.26 Å². The molecule has 4 nitrogen and oxygen atoms in total. The molecule has 18 heavy (non-hydrogen) atoms. The highest BCUT2D eigenvalue weighted by atomic mass is 32.2. The van der Waals surface area contributed by atoms with E-state index in [0.29, 0.717) is 0 Å². The van der Waals surface area contributed by atoms with E-state index in [9.17, 15) is 4.79 Å². The molecule has 1 aromatic heterocycles. The highest BCUT2D eigenvalue weighted by Gasteiger charge is 2.25. The number of nitrogens with zero attached hydrogens (tertiary/aromatic N) is 2. The van der Waals surface area contributed by atoms with Crippen molar-refractivity contribution in [2.75, 3.05) is 6.26 Å². The van der Waals surface area contributed by atoms with Crippen LogP contribution in [-0.4, -0.2) is 17.9 Å². The van der Waals surface area contributed by atoms with Gasteiger partial charge in [0.15, 0.2) is 0 Å². The van der Waals surface area contributed by atoms with Crippen molar-refractivity contribution in [3.63, 3.8) is 0 Å². The normalized spacial score (nSPS) is 16.2. The summed E-state index contributed by atoms with van der Waals surface area (Å²) in [6.45, 7) is 1.33. The average molecular weight is 280 g/mol. The molecule has 0 aliphatic heterocycles. The van der Waals surface area contributed by atoms with Gasteiger partial charge >= 0.3 is 5.97 Å². The third kappa shape index (κ3) is 2.42. The van der Waals surface area contributed by atoms with Gasteiger partial charge in [0.25, 0.3) is 0 Å². The Hall–Kier alpha value is -1.32. The van der Waals surface area contributed by atoms with E-state index in [0.717, 1.165) is 45.2 Å². The summed E-state index contributed by atoms with van der Waals surface area (Å²) >= 11 is 3.10. The molecule has 0 N–H and O–H groups in total. The van der Waals surface area contributed by atoms with Crippen molar-refractivity contribution in [2.24, 2.45) is 5.16 Å². The van der Waals surface area contributed by atoms with Crippen LogP contribution in [0.2, 0.25) is 0 Å². The molecule has 0 bridgehead atoms. The molecule has 0 saturated carbocycles. The van der Waals surface area contributed by atoms with E-state index in [2.05, 4.69) is 11.2 Å². The van der Waals surface area contributed by atoms with Crippen molar-refractivity contribution in [3.05, 3.63) is 16.0 Å². The van der Waals surface area contributed by atoms with Crippen molar-refractivity contribution < 1.29 is 9.63 Å². The molecule has 1 aromatic rings. The highest BCUT2D eigenvalue weighted by Crippen LogP contribution is 2.39. The minimum absolute atomic E-state index is 0.420. The third-order valence-corrected chi connectivity index (χ3v) is 4.93. The summed E-state index contributed by atoms with van der Waals surface area (Å²) in [4.78, 5) is 16.3. The van der Waals surface area contributed by atoms with Gasteiger partial charge in [0, 0.05) is 12.5 Å². The smallest absolute Gasteiger partial charge is 0.318 e. The van der Waals surface area contributed by atoms with Gasteiger partial charge in [0.05, 0.1) is 9.92 Å². The molecule has 6 heteroatoms. The van der Waals surface area contributed by atoms with Gasteiger partial charge < -0.3 is 4.84 Å². The van der Waals surface area contributed by atoms with Crippen LogP contribution < -0.4 is 0 Å². The molecule has 0 aromatic carbocycles. The maximum Gasteiger partial charge on any atom is 0.331 e. The minimum atomic E-state index is -0.420. The number of hydrogen-bond donors (Lipinski definition) is 0. The monoisotopic (exact) mass is 280 g/mol. The second-order valence-electron chi connectivity index (χ2n) is 3.86. The Morgan fingerprint density at radius 1 is 1.56 bits per heavy atom. The van der Waals surface area contributed by atoms with E-state index >= 15 is 0 Å². The molecular weight excluding hydrogens is 268 g/mol. The Morgan fingerprint density at radius 3 is 2.94 bits per heavy atom. The maximum atomic E-state index is 10.8. The second kappa shape index (κ2) is 5.55. The summed E-state index contributed by atoms with van der Waals surface area (Å²) < 4.78 is 1.08. The van der Waals surface area contributed by atoms with Gasteiger partial charge in [-0.05, 0) is 31.1 Å². The number of carbonyl (C=O) groups excluding carboxylic acids is 1. The predicted octanol–water partition coefficient (Wildman–Crippen LogP) is 2.95. The summed E-state index contributed by atoms with van der Waals surface area (Å²) in [6, 6.07) is 2.24. The molecule has 1 aliphatic carbocycles. The van der Waals surface area contributed by atoms with Gasteiger partial charge in [0.1, 0.15) is 10.9 Å². The summed E-state index contributed by atoms with van der Waals surface area (Å²) in [7, 11) is 0. The van der Waals surface area contributed by atoms with E-state index in [-0.39, 0.29) is 0 Å². The molecule has 1 aliphatic rings. The summed E-state index contributed by atoms with van der Waals surface area (Å²) in [5.74, 6) is -0.420. The zero-order valence-electron chi connectivity index (χ0n) is 10.1. The van der Waals surface area contributed by atoms with Gasteiger partial charge in [-0.1, -0.05) is 5.16 Å². The Labute approximate surface area is 114 Å². The fourth-order valence-corrected chi connectivity index (χ4v) is 3.90. The van der Waals surface area contributed by atoms with Crippen molar-refractivity contribution in [1.29, 1.82) is 5.26 Å². The lowest BCUT2D eigenvalue weighted by Crippen LogP contribution is -2.12. The molecule has 94 valence electrons. The van der Waals surface area contributed by atoms with Crippen LogP contribution in [-0.2, 0) is 16.1 Å². The average Bonchev–Trinajstić information content (AvgIpc) is 2.74. The molecule has 0 amide bonds. The second-order valence-corrected chi connectivity index (χ2v) is 5.96. The van der Waals surface area contributed by atoms with Gasteiger partial charge in [0.2, 0.25) is 0 Å². The molecule has 0 spiro atoms. The SMILES string of the molecule is CSc1sc(C#N)c2c1C(=NOC(C)=O)CCC2. The van der Waals surface area contributed by atoms with Crippen molar-refractivity contribution in [2.45, 2.75) is 30.4 Å². The quantitative estimate of drug-likeness (QED) is 0.474. The fourth-order valence-electron chi connectivity index (χ4n) is 1.97. The van der Waals surface area contributed by atoms with E-state index in [1.54, 1.807) is 11.8 Å². The number of oxime groups is 1. The van der Waals surface area contributed by atoms with Gasteiger partial charge in [-0.3, -0.25) is 0 Å². The predicted molar refractivity (Wildman–Crippen MR) is 72.1 cm³/mol. The molecule has 2 rings (SSSR count). The van der Waals surface area contributed by atoms with E-state index in [1.165, 1.54) is 18.3 Å². The number of rotatable bonds is 2. The number of fused-ring (bicyclic) bond motifs is 1. The standard InChI is InChI=1S/C12H12N2O2S2/c1-7(15)16-14-9-5-3-4-8-10(6-13)18-12(17-2)11(8)9/h3-5H2,1-2H3. The van der Waals surface area contributed by atoms with E-state index in [4.69, 9.17) is 10.1 Å². The molecular formula is C12H12N2O2S2. The number of thiophene rings is 1. The number of carbonyl (C=O) groups is 1. The van der Waals surface area contributed by atoms with Gasteiger partial charge in [-0.15, -0.1) is 23.1 Å². The first kappa shape index (κ1) is 13.1. The lowest BCUT2D eigenvalue weighted by molar-refractivity contribution is -0.140. The van der Waals surface area contributed by atoms with Gasteiger partial charge in [-0.25, -0.2) is 4.79 Å². The molecule has 0 unspecified atom stereocenters. The fraction of sp³-hybridized carbons (Fsp3) is 0.417. The summed E-state index contributed by atoms with van der Waals surface area (Å²) in [6.07, 6.45) is 4.60. The highest BCUT2D eigenvalue weighted by molar-refractivity contribution is 8.00. The first-order chi connectivity index (χ1) is 8.67. The summed E-state index contributed by atoms with van der Waals surface area (Å²) in [5.41, 5.74) is 2.86. The van der Waals surface area contributed by atoms with E-state index in [1.807, 2.05) is 6.26 Å². The van der Waals surface area contributed by atoms with E-state index < -0.39 is 5.97 Å². The number of nitriles is 1. The van der Waals surface area contributed by atoms with Crippen LogP contribution in [0.25, 0.3) is 0 Å². The molecule has 0 fully saturated rings. The van der Waals surface area contributed by atoms with Crippen LogP contribution in [0.5, 0.6) is 0 Å². The Balaban J connectivity index is 2.48. The topological polar surface area (TPSA) is 62.4 Å². The van der Waals surface area contributed by atoms with Crippen molar-refractivity contribution in [1.82, 2.24) is 0 Å². The lowest BCUT2D eigenvalue weighted by atomic mass is 9.92. The first-order valence-electron chi connectivity index (χ1n) is 5.52. The number of hydrogen-bond acceptors (Lipinski definition) is 6. The Kier molecular flexibility index (Phi) is 4.04. The maximum absolute atomic E-state index is 10.8. The largest absolute Gasteiger partial charge is 0.331 e. The van der Waals surface area contributed by atoms with Crippen molar-refractivity contribution in [3.8, 4) is 6.07 Å². The van der Waals surface area contributed by atoms with Crippen LogP contribution in [0.1, 0.15) is 35.8 Å². The van der Waals surface area contributed by atoms with Crippen LogP contribution in [0.3, 0.4) is 0 Å². The first-order valence-corrected chi connectivity index (χ1v) is 7.56. The van der Waals surface area contributed by atoms with Crippen LogP contribution in [0.4, 0.5) is 0 Å². The lowest BCUT2D eigenvalue weighted by Gasteiger charge is -2.14. The Morgan fingerprint density at radius 2 is 2.33 bits per heavy atom. The van der Waals surface area contributed by atoms with Crippen molar-refractivity contribution >= 4 is 34.8 Å². The molecule has 1 heterocycles. The molecule has 0 atom stereocenters. The van der Waals surface area contributed by atoms with Crippen LogP contribution >= 0.6 is 23.1 Å². The van der Waals surface area contributed by atoms with Crippen LogP contribution in [0, 0.1) is 11.3 Å².